The SMILES string of the molecule is CCCCC1=[C]([Zr+2][C]2=C(CCCC)C=CC2)CC=C1.CCCOc1cccc(OCCC)c1[O-].CCCOc1cccc(OCCC)c1[O-]. The van der Waals surface area contributed by atoms with E-state index in [0.29, 0.717) is 49.4 Å². The fourth-order valence-corrected chi connectivity index (χ4v) is 8.83. The minimum Gasteiger partial charge on any atom is -0.867 e. The van der Waals surface area contributed by atoms with Crippen LogP contribution in [0.3, 0.4) is 0 Å². The number of hydrogen-bond acceptors (Lipinski definition) is 6. The zero-order valence-corrected chi connectivity index (χ0v) is 33.5. The molecule has 0 saturated heterocycles. The molecule has 2 aliphatic rings. The molecule has 0 fully saturated rings. The van der Waals surface area contributed by atoms with E-state index < -0.39 is 23.2 Å². The second-order valence-corrected chi connectivity index (χ2v) is 15.7. The third-order valence-corrected chi connectivity index (χ3v) is 11.8. The van der Waals surface area contributed by atoms with Gasteiger partial charge in [-0.05, 0) is 61.4 Å². The fourth-order valence-electron chi connectivity index (χ4n) is 5.04. The van der Waals surface area contributed by atoms with Crippen LogP contribution in [-0.4, -0.2) is 26.4 Å². The maximum absolute atomic E-state index is 11.7. The van der Waals surface area contributed by atoms with E-state index in [2.05, 4.69) is 38.2 Å². The van der Waals surface area contributed by atoms with Gasteiger partial charge >= 0.3 is 130 Å². The van der Waals surface area contributed by atoms with Gasteiger partial charge in [-0.2, -0.15) is 0 Å². The van der Waals surface area contributed by atoms with Gasteiger partial charge in [-0.1, -0.05) is 39.8 Å². The predicted molar refractivity (Wildman–Crippen MR) is 196 cm³/mol. The zero-order chi connectivity index (χ0) is 35.7. The van der Waals surface area contributed by atoms with Crippen LogP contribution in [0.1, 0.15) is 119 Å². The summed E-state index contributed by atoms with van der Waals surface area (Å²) >= 11 is -0.463. The fraction of sp³-hybridized carbons (Fsp3) is 0.524. The van der Waals surface area contributed by atoms with Crippen molar-refractivity contribution >= 4 is 0 Å². The first-order valence-electron chi connectivity index (χ1n) is 18.6. The largest absolute Gasteiger partial charge is 0.867 e. The Bertz CT molecular complexity index is 1190. The number of allylic oxidation sites excluding steroid dienone is 8. The number of benzene rings is 2. The van der Waals surface area contributed by atoms with Crippen molar-refractivity contribution in [3.63, 3.8) is 0 Å². The summed E-state index contributed by atoms with van der Waals surface area (Å²) < 4.78 is 25.0. The molecule has 2 aromatic rings. The van der Waals surface area contributed by atoms with Crippen LogP contribution in [0.2, 0.25) is 0 Å². The van der Waals surface area contributed by atoms with Crippen LogP contribution in [0.15, 0.2) is 78.4 Å². The molecule has 2 aromatic carbocycles. The summed E-state index contributed by atoms with van der Waals surface area (Å²) in [4.78, 5) is 0. The molecular weight excluding hydrogens is 692 g/mol. The van der Waals surface area contributed by atoms with Crippen molar-refractivity contribution in [2.75, 3.05) is 26.4 Å². The number of unbranched alkanes of at least 4 members (excludes halogenated alkanes) is 2. The first-order valence-corrected chi connectivity index (χ1v) is 21.0. The second kappa shape index (κ2) is 26.0. The minimum atomic E-state index is -0.463. The zero-order valence-electron chi connectivity index (χ0n) is 31.0. The molecule has 0 radical (unpaired) electrons. The molecular formula is C42H60O6Zr. The van der Waals surface area contributed by atoms with Crippen molar-refractivity contribution in [3.8, 4) is 34.5 Å². The summed E-state index contributed by atoms with van der Waals surface area (Å²) in [5.41, 5.74) is 3.42. The average Bonchev–Trinajstić information content (AvgIpc) is 3.77. The van der Waals surface area contributed by atoms with E-state index >= 15 is 0 Å². The molecule has 0 bridgehead atoms. The Hall–Kier alpha value is -2.92. The van der Waals surface area contributed by atoms with Crippen molar-refractivity contribution in [2.45, 2.75) is 119 Å². The van der Waals surface area contributed by atoms with Crippen LogP contribution >= 0.6 is 0 Å². The number of para-hydroxylation sites is 2. The first-order chi connectivity index (χ1) is 23.9. The van der Waals surface area contributed by atoms with E-state index in [1.807, 2.05) is 34.3 Å². The molecule has 0 amide bonds. The van der Waals surface area contributed by atoms with E-state index in [1.165, 1.54) is 51.4 Å². The monoisotopic (exact) mass is 750 g/mol. The maximum Gasteiger partial charge on any atom is 0.115 e. The molecule has 0 spiro atoms. The van der Waals surface area contributed by atoms with E-state index in [4.69, 9.17) is 18.9 Å². The van der Waals surface area contributed by atoms with Crippen LogP contribution in [0.4, 0.5) is 0 Å². The third kappa shape index (κ3) is 15.7. The summed E-state index contributed by atoms with van der Waals surface area (Å²) in [7, 11) is 0. The molecule has 7 heteroatoms. The molecule has 0 N–H and O–H groups in total. The molecule has 2 aliphatic carbocycles. The topological polar surface area (TPSA) is 83.0 Å². The van der Waals surface area contributed by atoms with Crippen molar-refractivity contribution < 1.29 is 52.4 Å². The van der Waals surface area contributed by atoms with Crippen LogP contribution in [0.5, 0.6) is 34.5 Å². The van der Waals surface area contributed by atoms with Crippen molar-refractivity contribution in [2.24, 2.45) is 0 Å². The molecule has 6 nitrogen and oxygen atoms in total. The Kier molecular flexibility index (Phi) is 22.4. The summed E-state index contributed by atoms with van der Waals surface area (Å²) in [6.07, 6.45) is 23.8. The molecule has 0 saturated carbocycles. The van der Waals surface area contributed by atoms with Gasteiger partial charge in [0.15, 0.2) is 0 Å². The average molecular weight is 752 g/mol. The van der Waals surface area contributed by atoms with E-state index in [9.17, 15) is 10.2 Å². The van der Waals surface area contributed by atoms with Gasteiger partial charge in [0.1, 0.15) is 23.0 Å². The molecule has 49 heavy (non-hydrogen) atoms. The van der Waals surface area contributed by atoms with Gasteiger partial charge in [-0.15, -0.1) is 0 Å². The number of rotatable bonds is 20. The molecule has 0 aliphatic heterocycles. The standard InChI is InChI=1S/2C12H18O3.2C9H13.Zr/c2*1-3-8-14-10-6-5-7-11(12(10)13)15-9-4-2;2*1-2-3-6-9-7-4-5-8-9;/h2*5-7,13H,3-4,8-9H2,1-2H3;2*4,7H,2-3,5-6H2,1H3;/q;;;;+2/p-2. The van der Waals surface area contributed by atoms with Crippen LogP contribution in [0, 0.1) is 0 Å². The Balaban J connectivity index is 0.000000258. The van der Waals surface area contributed by atoms with E-state index in [-0.39, 0.29) is 11.5 Å². The van der Waals surface area contributed by atoms with Gasteiger partial charge < -0.3 is 29.2 Å². The van der Waals surface area contributed by atoms with Gasteiger partial charge in [0.25, 0.3) is 0 Å². The van der Waals surface area contributed by atoms with Crippen molar-refractivity contribution in [3.05, 3.63) is 78.4 Å². The van der Waals surface area contributed by atoms with E-state index in [0.717, 1.165) is 25.7 Å². The van der Waals surface area contributed by atoms with Gasteiger partial charge in [0, 0.05) is 0 Å². The quantitative estimate of drug-likeness (QED) is 0.134. The first kappa shape index (κ1) is 42.3. The minimum absolute atomic E-state index is 0.153. The molecule has 0 atom stereocenters. The van der Waals surface area contributed by atoms with Crippen LogP contribution in [0.25, 0.3) is 0 Å². The summed E-state index contributed by atoms with van der Waals surface area (Å²) in [5.74, 6) is 1.21. The van der Waals surface area contributed by atoms with Crippen molar-refractivity contribution in [1.82, 2.24) is 0 Å². The Labute approximate surface area is 308 Å². The third-order valence-electron chi connectivity index (χ3n) is 7.69. The summed E-state index contributed by atoms with van der Waals surface area (Å²) in [5, 5.41) is 23.5. The summed E-state index contributed by atoms with van der Waals surface area (Å²) in [6, 6.07) is 10.3. The smallest absolute Gasteiger partial charge is 0.115 e. The van der Waals surface area contributed by atoms with Gasteiger partial charge in [-0.3, -0.25) is 0 Å². The summed E-state index contributed by atoms with van der Waals surface area (Å²) in [6.45, 7) is 14.8. The van der Waals surface area contributed by atoms with Crippen molar-refractivity contribution in [1.29, 1.82) is 0 Å². The Morgan fingerprint density at radius 1 is 0.510 bits per heavy atom. The molecule has 0 heterocycles. The Morgan fingerprint density at radius 3 is 1.12 bits per heavy atom. The molecule has 268 valence electrons. The molecule has 4 rings (SSSR count). The number of ether oxygens (including phenoxy) is 4. The normalized spacial score (nSPS) is 13.0. The molecule has 0 aromatic heterocycles. The van der Waals surface area contributed by atoms with Gasteiger partial charge in [0.05, 0.1) is 26.4 Å². The van der Waals surface area contributed by atoms with Crippen LogP contribution in [-0.2, 0) is 23.2 Å². The number of hydrogen-bond donors (Lipinski definition) is 0. The second-order valence-electron chi connectivity index (χ2n) is 12.1. The Morgan fingerprint density at radius 2 is 0.837 bits per heavy atom. The molecule has 0 unspecified atom stereocenters. The van der Waals surface area contributed by atoms with E-state index in [1.54, 1.807) is 47.5 Å². The predicted octanol–water partition coefficient (Wildman–Crippen LogP) is 10.6. The van der Waals surface area contributed by atoms with Gasteiger partial charge in [-0.25, -0.2) is 0 Å². The van der Waals surface area contributed by atoms with Crippen LogP contribution < -0.4 is 29.2 Å². The maximum atomic E-state index is 11.7. The van der Waals surface area contributed by atoms with Gasteiger partial charge in [0.2, 0.25) is 0 Å².